The van der Waals surface area contributed by atoms with Crippen LogP contribution >= 0.6 is 11.6 Å². The van der Waals surface area contributed by atoms with Crippen LogP contribution in [-0.4, -0.2) is 235 Å². The highest BCUT2D eigenvalue weighted by atomic mass is 35.5. The summed E-state index contributed by atoms with van der Waals surface area (Å²) in [5.41, 5.74) is 11.3. The number of halogens is 1. The van der Waals surface area contributed by atoms with Crippen molar-refractivity contribution >= 4 is 124 Å². The van der Waals surface area contributed by atoms with Gasteiger partial charge in [-0.25, -0.2) is 49.1 Å². The van der Waals surface area contributed by atoms with Crippen LogP contribution in [0.1, 0.15) is 112 Å². The number of hydrogen-bond donors (Lipinski definition) is 8. The number of aromatic nitrogens is 10. The second kappa shape index (κ2) is 38.7. The number of likely N-dealkylation sites (tertiary alicyclic amines) is 4. The maximum absolute atomic E-state index is 13.1. The minimum absolute atomic E-state index is 0.0205. The molecule has 4 saturated heterocycles. The number of hydrogen-bond acceptors (Lipinski definition) is 28. The Morgan fingerprint density at radius 3 is 1.39 bits per heavy atom. The number of carbonyl (C=O) groups is 5. The van der Waals surface area contributed by atoms with Crippen LogP contribution in [0.25, 0.3) is 42.3 Å². The molecule has 0 spiro atoms. The number of aryl methyl sites for hydroxylation is 7. The molecule has 1 amide bonds. The smallest absolute Gasteiger partial charge is 0.407 e. The number of aliphatic carboxylic acids is 3. The fourth-order valence-electron chi connectivity index (χ4n) is 16.6. The van der Waals surface area contributed by atoms with Crippen LogP contribution in [0.15, 0.2) is 87.5 Å². The molecule has 0 unspecified atom stereocenters. The lowest BCUT2D eigenvalue weighted by Gasteiger charge is -2.35. The van der Waals surface area contributed by atoms with Gasteiger partial charge in [-0.3, -0.25) is 43.3 Å². The van der Waals surface area contributed by atoms with E-state index in [0.29, 0.717) is 154 Å². The summed E-state index contributed by atoms with van der Waals surface area (Å²) in [6.07, 6.45) is 3.66. The van der Waals surface area contributed by atoms with Crippen molar-refractivity contribution in [1.29, 1.82) is 0 Å². The van der Waals surface area contributed by atoms with Crippen LogP contribution in [0.2, 0.25) is 5.02 Å². The van der Waals surface area contributed by atoms with Gasteiger partial charge in [0.05, 0.1) is 63.1 Å². The number of esters is 1. The van der Waals surface area contributed by atoms with E-state index in [9.17, 15) is 68.4 Å². The number of rotatable bonds is 19. The summed E-state index contributed by atoms with van der Waals surface area (Å²) in [5.74, 6) is -1.60. The van der Waals surface area contributed by atoms with Gasteiger partial charge in [-0.2, -0.15) is 4.98 Å². The van der Waals surface area contributed by atoms with E-state index in [4.69, 9.17) is 21.1 Å². The molecule has 4 aromatic carbocycles. The number of carboxylic acid groups (broad SMARTS) is 3. The molecule has 9 aliphatic heterocycles. The zero-order valence-corrected chi connectivity index (χ0v) is 74.0. The molecule has 3 aromatic heterocycles. The Morgan fingerprint density at radius 2 is 0.937 bits per heavy atom. The van der Waals surface area contributed by atoms with Crippen molar-refractivity contribution in [1.82, 2.24) is 73.9 Å². The number of piperidine rings is 3. The number of carbonyl (C=O) groups excluding carboxylic acids is 2. The molecule has 12 heterocycles. The molecule has 2 atom stereocenters. The first-order chi connectivity index (χ1) is 60.2. The summed E-state index contributed by atoms with van der Waals surface area (Å²) >= 11 is 6.36. The van der Waals surface area contributed by atoms with Crippen LogP contribution < -0.4 is 80.5 Å². The first kappa shape index (κ1) is 92.1. The second-order valence-electron chi connectivity index (χ2n) is 34.4. The minimum atomic E-state index is -0.947. The van der Waals surface area contributed by atoms with Crippen LogP contribution in [-0.2, 0) is 41.9 Å². The molecule has 7 aromatic rings. The summed E-state index contributed by atoms with van der Waals surface area (Å²) in [5, 5.41) is 42.1. The number of anilines is 6. The number of ether oxygens (including phenoxy) is 2. The third-order valence-corrected chi connectivity index (χ3v) is 24.5. The molecule has 37 nitrogen and oxygen atoms in total. The first-order valence-electron chi connectivity index (χ1n) is 42.4. The number of amides is 1. The van der Waals surface area contributed by atoms with E-state index in [2.05, 4.69) is 112 Å². The van der Waals surface area contributed by atoms with E-state index in [1.165, 1.54) is 12.5 Å². The highest BCUT2D eigenvalue weighted by Crippen LogP contribution is 2.41. The third kappa shape index (κ3) is 21.4. The van der Waals surface area contributed by atoms with Gasteiger partial charge in [-0.15, -0.1) is 0 Å². The number of fused-ring (bicyclic) bond motifs is 8. The molecule has 16 rings (SSSR count). The number of benzene rings is 4. The number of aromatic amines is 3. The monoisotopic (exact) mass is 1760 g/mol. The van der Waals surface area contributed by atoms with Gasteiger partial charge in [0, 0.05) is 83.8 Å². The number of nitrogens with zero attached hydrogens (tertiary/aromatic N) is 17. The summed E-state index contributed by atoms with van der Waals surface area (Å²) in [6.45, 7) is 41.8. The van der Waals surface area contributed by atoms with Crippen LogP contribution in [0, 0.1) is 66.2 Å². The zero-order valence-electron chi connectivity index (χ0n) is 73.3. The predicted octanol–water partition coefficient (Wildman–Crippen LogP) is 4.49. The number of nitrogens with one attached hydrogen (secondary N) is 4. The fraction of sp³-hybridized carbons (Fsp3) is 0.461. The Morgan fingerprint density at radius 1 is 0.520 bits per heavy atom. The Bertz CT molecular complexity index is 6460. The molecule has 672 valence electrons. The lowest BCUT2D eigenvalue weighted by Crippen LogP contribution is -2.45. The van der Waals surface area contributed by atoms with E-state index in [0.717, 1.165) is 112 Å². The molecule has 0 radical (unpaired) electrons. The van der Waals surface area contributed by atoms with E-state index in [1.807, 2.05) is 119 Å². The van der Waals surface area contributed by atoms with Gasteiger partial charge in [0.1, 0.15) is 28.1 Å². The van der Waals surface area contributed by atoms with Crippen LogP contribution in [0.3, 0.4) is 0 Å². The maximum atomic E-state index is 13.1. The second-order valence-corrected chi connectivity index (χ2v) is 34.8. The quantitative estimate of drug-likeness (QED) is 0.0408. The van der Waals surface area contributed by atoms with Gasteiger partial charge >= 0.3 is 35.7 Å². The SMILES string of the molecule is C=c1nc2c(c(=O)[nH]1)=Nc1cc(C)c(C)cc1N2CCN1CCC(CNC(=O)OC(C)(C)C)CC1.C=c1nc2c(c(=O)[nH]1)=Nc1cc(C)c(C)cc1N2CCN1C[C@H](O)C[C@@H]1C(=O)O.C=c1nc2c(c(=O)[nH]1)=Nc1cc(C)c(Cl)cc1N2CCN1CCC(C(=O)O)CC1.CC(=O)OCn1c(=O)nc2n(CCN3CCC(C(=O)O)CC3)c3cc(C)c(C)cc3nc-2c1=O. The molecule has 0 saturated carbocycles. The third-order valence-electron chi connectivity index (χ3n) is 24.1. The van der Waals surface area contributed by atoms with Crippen molar-refractivity contribution in [2.75, 3.05) is 113 Å². The van der Waals surface area contributed by atoms with E-state index in [1.54, 1.807) is 4.90 Å². The Labute approximate surface area is 734 Å². The van der Waals surface area contributed by atoms with E-state index >= 15 is 0 Å². The molecule has 38 heteroatoms. The molecule has 4 fully saturated rings. The summed E-state index contributed by atoms with van der Waals surface area (Å²) in [4.78, 5) is 178. The summed E-state index contributed by atoms with van der Waals surface area (Å²) in [6, 6.07) is 14.9. The highest BCUT2D eigenvalue weighted by Gasteiger charge is 2.38. The number of alkyl carbamates (subject to hydrolysis) is 1. The Balaban J connectivity index is 0.000000145. The lowest BCUT2D eigenvalue weighted by atomic mass is 9.97. The molecule has 0 aliphatic carbocycles. The van der Waals surface area contributed by atoms with Crippen molar-refractivity contribution in [3.8, 4) is 11.5 Å². The fourth-order valence-corrected chi connectivity index (χ4v) is 16.8. The van der Waals surface area contributed by atoms with Crippen molar-refractivity contribution < 1.29 is 53.9 Å². The molecular weight excluding hydrogens is 1650 g/mol. The lowest BCUT2D eigenvalue weighted by molar-refractivity contribution is -0.145. The largest absolute Gasteiger partial charge is 0.481 e. The Kier molecular flexibility index (Phi) is 28.1. The van der Waals surface area contributed by atoms with Gasteiger partial charge in [0.15, 0.2) is 51.8 Å². The van der Waals surface area contributed by atoms with Gasteiger partial charge in [0.2, 0.25) is 0 Å². The van der Waals surface area contributed by atoms with Gasteiger partial charge < -0.3 is 84.1 Å². The molecule has 127 heavy (non-hydrogen) atoms. The molecule has 8 N–H and O–H groups in total. The topological polar surface area (TPSA) is 464 Å². The first-order valence-corrected chi connectivity index (χ1v) is 42.8. The highest BCUT2D eigenvalue weighted by molar-refractivity contribution is 6.31. The van der Waals surface area contributed by atoms with E-state index in [-0.39, 0.29) is 74.2 Å². The van der Waals surface area contributed by atoms with Crippen LogP contribution in [0.5, 0.6) is 0 Å². The zero-order chi connectivity index (χ0) is 91.5. The predicted molar refractivity (Wildman–Crippen MR) is 478 cm³/mol. The van der Waals surface area contributed by atoms with Crippen molar-refractivity contribution in [2.24, 2.45) is 32.7 Å². The van der Waals surface area contributed by atoms with Crippen molar-refractivity contribution in [2.45, 2.75) is 152 Å². The average Bonchev–Trinajstić information content (AvgIpc) is 1.00. The summed E-state index contributed by atoms with van der Waals surface area (Å²) < 4.78 is 12.8. The van der Waals surface area contributed by atoms with Crippen LogP contribution in [0.4, 0.5) is 56.4 Å². The normalized spacial score (nSPS) is 17.2. The minimum Gasteiger partial charge on any atom is -0.481 e. The maximum Gasteiger partial charge on any atom is 0.407 e. The van der Waals surface area contributed by atoms with Gasteiger partial charge in [-0.1, -0.05) is 31.3 Å². The number of β-amino-alcohol motifs (C(OH)–C–C–N with tert-alkyl or cyclic N) is 1. The van der Waals surface area contributed by atoms with Gasteiger partial charge in [-0.05, 0) is 240 Å². The number of aliphatic hydroxyl groups excluding tert-OH is 1. The molecule has 9 aliphatic rings. The van der Waals surface area contributed by atoms with Gasteiger partial charge in [0.25, 0.3) is 22.2 Å². The molecule has 0 bridgehead atoms. The molecular formula is C89H108ClN21O16. The van der Waals surface area contributed by atoms with Crippen molar-refractivity contribution in [3.63, 3.8) is 0 Å². The van der Waals surface area contributed by atoms with Crippen molar-refractivity contribution in [3.05, 3.63) is 177 Å². The average molecular weight is 1760 g/mol. The summed E-state index contributed by atoms with van der Waals surface area (Å²) in [7, 11) is 0. The standard InChI is InChI=1S/C26H36N6O3.C23H27N5O6.C20H22ClN5O3.C20H23N5O4/c1-16-13-20-21(14-17(16)2)32(23-22(30-20)24(33)29-18(3)28-23)12-11-31-9-7-19(8-10-31)15-27-25(34)35-26(4,5)6;1-13-10-17-18(11-14(13)2)27(9-8-26-6-4-16(5-7-26)22(31)32)20-19(24-17)21(30)28(23(33)25-20)12-34-15(3)29;1-11-9-15-16(10-14(11)21)26(18-17(24-15)19(27)23-12(2)22-18)8-7-25-5-3-13(4-6-25)20(28)29;1-10-6-14-15(7-11(10)2)25(18-17(23-14)19(27)22-12(3)21-18)5-4-24-9-13(26)8-16(24)20(28)29/h13-14,19H,3,7-12,15H2,1-2,4-6H3,(H,27,34)(H,29,33);10-11,16H,4-9,12H2,1-3H3,(H,31,32);9-10,13H,2-8H2,1H3,(H,23,27)(H,28,29);6-7,13,16,26H,3-5,8-9H2,1-2H3,(H,22,27)(H,28,29)/t;;;13-,16-/m...1/s1. The number of carboxylic acids is 3. The number of aliphatic hydroxyl groups is 1. The number of H-pyrrole nitrogens is 3. The van der Waals surface area contributed by atoms with E-state index < -0.39 is 59.6 Å². The Hall–Kier alpha value is -12.6.